The maximum atomic E-state index is 12.0. The van der Waals surface area contributed by atoms with Crippen molar-refractivity contribution in [2.45, 2.75) is 38.4 Å². The summed E-state index contributed by atoms with van der Waals surface area (Å²) in [6.45, 7) is 0.411. The number of carbonyl (C=O) groups excluding carboxylic acids is 1. The number of aromatic nitrogens is 1. The van der Waals surface area contributed by atoms with Crippen molar-refractivity contribution in [3.8, 4) is 5.88 Å². The van der Waals surface area contributed by atoms with E-state index in [1.807, 2.05) is 6.92 Å². The molecule has 1 amide bonds. The number of hydrogen-bond acceptors (Lipinski definition) is 4. The molecule has 0 radical (unpaired) electrons. The van der Waals surface area contributed by atoms with E-state index >= 15 is 0 Å². The molecule has 6 nitrogen and oxygen atoms in total. The van der Waals surface area contributed by atoms with Gasteiger partial charge in [0.1, 0.15) is 6.04 Å². The van der Waals surface area contributed by atoms with Crippen LogP contribution in [-0.2, 0) is 4.79 Å². The lowest BCUT2D eigenvalue weighted by Gasteiger charge is -2.14. The lowest BCUT2D eigenvalue weighted by molar-refractivity contribution is -0.154. The molecule has 9 heteroatoms. The number of carboxylic acid groups (broad SMARTS) is 1. The van der Waals surface area contributed by atoms with Crippen molar-refractivity contribution in [1.29, 1.82) is 0 Å². The summed E-state index contributed by atoms with van der Waals surface area (Å²) in [4.78, 5) is 26.6. The van der Waals surface area contributed by atoms with Crippen molar-refractivity contribution in [1.82, 2.24) is 10.3 Å². The first kappa shape index (κ1) is 18.7. The van der Waals surface area contributed by atoms with Crippen LogP contribution in [0.2, 0.25) is 0 Å². The molecule has 0 saturated heterocycles. The third kappa shape index (κ3) is 6.98. The van der Waals surface area contributed by atoms with E-state index in [4.69, 9.17) is 5.11 Å². The molecule has 0 aliphatic heterocycles. The molecule has 1 heterocycles. The second-order valence-electron chi connectivity index (χ2n) is 4.80. The van der Waals surface area contributed by atoms with Gasteiger partial charge in [0.25, 0.3) is 5.91 Å². The summed E-state index contributed by atoms with van der Waals surface area (Å²) in [7, 11) is 0. The standard InChI is InChI=1S/C14H17F3N2O4/c1-2-3-4-10(13(21)22)19-12(20)9-5-6-11(18-7-9)23-8-14(15,16)17/h5-7,10H,2-4,8H2,1H3,(H,19,20)(H,21,22). The molecule has 0 saturated carbocycles. The highest BCUT2D eigenvalue weighted by molar-refractivity contribution is 5.96. The maximum Gasteiger partial charge on any atom is 0.422 e. The van der Waals surface area contributed by atoms with Crippen LogP contribution >= 0.6 is 0 Å². The van der Waals surface area contributed by atoms with Gasteiger partial charge < -0.3 is 15.2 Å². The Morgan fingerprint density at radius 3 is 2.57 bits per heavy atom. The lowest BCUT2D eigenvalue weighted by atomic mass is 10.1. The Morgan fingerprint density at radius 2 is 2.09 bits per heavy atom. The molecule has 0 aromatic carbocycles. The van der Waals surface area contributed by atoms with Crippen molar-refractivity contribution >= 4 is 11.9 Å². The number of pyridine rings is 1. The molecule has 0 aliphatic rings. The first-order valence-electron chi connectivity index (χ1n) is 6.92. The van der Waals surface area contributed by atoms with Gasteiger partial charge in [-0.3, -0.25) is 4.79 Å². The van der Waals surface area contributed by atoms with E-state index in [-0.39, 0.29) is 17.9 Å². The van der Waals surface area contributed by atoms with Crippen LogP contribution in [0.1, 0.15) is 36.5 Å². The topological polar surface area (TPSA) is 88.5 Å². The van der Waals surface area contributed by atoms with Gasteiger partial charge in [0.05, 0.1) is 5.56 Å². The summed E-state index contributed by atoms with van der Waals surface area (Å²) >= 11 is 0. The zero-order valence-electron chi connectivity index (χ0n) is 12.4. The largest absolute Gasteiger partial charge is 0.480 e. The number of amides is 1. The monoisotopic (exact) mass is 334 g/mol. The number of nitrogens with zero attached hydrogens (tertiary/aromatic N) is 1. The third-order valence-electron chi connectivity index (χ3n) is 2.83. The van der Waals surface area contributed by atoms with E-state index in [9.17, 15) is 22.8 Å². The summed E-state index contributed by atoms with van der Waals surface area (Å²) in [5.41, 5.74) is 0.0344. The molecule has 1 unspecified atom stereocenters. The number of nitrogens with one attached hydrogen (secondary N) is 1. The van der Waals surface area contributed by atoms with E-state index in [0.29, 0.717) is 6.42 Å². The number of ether oxygens (including phenoxy) is 1. The number of halogens is 3. The minimum atomic E-state index is -4.48. The quantitative estimate of drug-likeness (QED) is 0.762. The first-order chi connectivity index (χ1) is 10.7. The summed E-state index contributed by atoms with van der Waals surface area (Å²) in [5, 5.41) is 11.4. The zero-order valence-corrected chi connectivity index (χ0v) is 12.4. The summed E-state index contributed by atoms with van der Waals surface area (Å²) in [5.74, 6) is -2.09. The molecule has 1 aromatic rings. The summed E-state index contributed by atoms with van der Waals surface area (Å²) < 4.78 is 40.4. The molecule has 1 atom stereocenters. The fourth-order valence-corrected chi connectivity index (χ4v) is 1.66. The molecule has 2 N–H and O–H groups in total. The van der Waals surface area contributed by atoms with E-state index in [0.717, 1.165) is 18.7 Å². The van der Waals surface area contributed by atoms with Gasteiger partial charge in [-0.2, -0.15) is 13.2 Å². The molecule has 23 heavy (non-hydrogen) atoms. The number of unbranched alkanes of at least 4 members (excludes halogenated alkanes) is 1. The zero-order chi connectivity index (χ0) is 17.5. The Morgan fingerprint density at radius 1 is 1.39 bits per heavy atom. The SMILES string of the molecule is CCCCC(NC(=O)c1ccc(OCC(F)(F)F)nc1)C(=O)O. The Bertz CT molecular complexity index is 532. The van der Waals surface area contributed by atoms with Gasteiger partial charge in [0.2, 0.25) is 5.88 Å². The molecule has 128 valence electrons. The predicted octanol–water partition coefficient (Wildman–Crippen LogP) is 2.40. The second kappa shape index (κ2) is 8.35. The molecular weight excluding hydrogens is 317 g/mol. The molecule has 1 rings (SSSR count). The highest BCUT2D eigenvalue weighted by Gasteiger charge is 2.28. The van der Waals surface area contributed by atoms with Gasteiger partial charge >= 0.3 is 12.1 Å². The molecule has 1 aromatic heterocycles. The number of carbonyl (C=O) groups is 2. The van der Waals surface area contributed by atoms with Crippen LogP contribution in [0.4, 0.5) is 13.2 Å². The van der Waals surface area contributed by atoms with Crippen molar-refractivity contribution in [2.75, 3.05) is 6.61 Å². The highest BCUT2D eigenvalue weighted by atomic mass is 19.4. The van der Waals surface area contributed by atoms with Crippen LogP contribution in [-0.4, -0.2) is 40.8 Å². The van der Waals surface area contributed by atoms with Crippen molar-refractivity contribution in [3.05, 3.63) is 23.9 Å². The Labute approximate surface area is 130 Å². The maximum absolute atomic E-state index is 12.0. The molecule has 0 fully saturated rings. The van der Waals surface area contributed by atoms with Crippen molar-refractivity contribution in [2.24, 2.45) is 0 Å². The van der Waals surface area contributed by atoms with Gasteiger partial charge in [-0.25, -0.2) is 9.78 Å². The predicted molar refractivity (Wildman–Crippen MR) is 74.2 cm³/mol. The van der Waals surface area contributed by atoms with Crippen molar-refractivity contribution in [3.63, 3.8) is 0 Å². The smallest absolute Gasteiger partial charge is 0.422 e. The number of alkyl halides is 3. The van der Waals surface area contributed by atoms with Crippen LogP contribution in [0.15, 0.2) is 18.3 Å². The summed E-state index contributed by atoms with van der Waals surface area (Å²) in [6.07, 6.45) is -1.74. The number of hydrogen-bond donors (Lipinski definition) is 2. The second-order valence-corrected chi connectivity index (χ2v) is 4.80. The average molecular weight is 334 g/mol. The Balaban J connectivity index is 2.64. The molecule has 0 spiro atoms. The highest BCUT2D eigenvalue weighted by Crippen LogP contribution is 2.17. The van der Waals surface area contributed by atoms with Crippen molar-refractivity contribution < 1.29 is 32.6 Å². The number of carboxylic acids is 1. The fraction of sp³-hybridized carbons (Fsp3) is 0.500. The third-order valence-corrected chi connectivity index (χ3v) is 2.83. The van der Waals surface area contributed by atoms with E-state index in [1.54, 1.807) is 0 Å². The minimum Gasteiger partial charge on any atom is -0.480 e. The average Bonchev–Trinajstić information content (AvgIpc) is 2.48. The number of rotatable bonds is 8. The minimum absolute atomic E-state index is 0.0344. The van der Waals surface area contributed by atoms with Gasteiger partial charge in [0.15, 0.2) is 6.61 Å². The first-order valence-corrected chi connectivity index (χ1v) is 6.92. The molecular formula is C14H17F3N2O4. The van der Waals surface area contributed by atoms with Gasteiger partial charge in [-0.05, 0) is 12.5 Å². The van der Waals surface area contributed by atoms with Gasteiger partial charge in [-0.15, -0.1) is 0 Å². The van der Waals surface area contributed by atoms with Crippen LogP contribution in [0.3, 0.4) is 0 Å². The van der Waals surface area contributed by atoms with Gasteiger partial charge in [0, 0.05) is 12.3 Å². The van der Waals surface area contributed by atoms with E-state index < -0.39 is 30.7 Å². The summed E-state index contributed by atoms with van der Waals surface area (Å²) in [6, 6.07) is 1.30. The molecule has 0 aliphatic carbocycles. The van der Waals surface area contributed by atoms with E-state index in [2.05, 4.69) is 15.0 Å². The van der Waals surface area contributed by atoms with Crippen LogP contribution < -0.4 is 10.1 Å². The van der Waals surface area contributed by atoms with E-state index in [1.165, 1.54) is 6.07 Å². The van der Waals surface area contributed by atoms with Gasteiger partial charge in [-0.1, -0.05) is 19.8 Å². The normalized spacial score (nSPS) is 12.5. The molecule has 0 bridgehead atoms. The fourth-order valence-electron chi connectivity index (χ4n) is 1.66. The number of aliphatic carboxylic acids is 1. The van der Waals surface area contributed by atoms with Crippen LogP contribution in [0, 0.1) is 0 Å². The Kier molecular flexibility index (Phi) is 6.80. The lowest BCUT2D eigenvalue weighted by Crippen LogP contribution is -2.40. The van der Waals surface area contributed by atoms with Crippen LogP contribution in [0.5, 0.6) is 5.88 Å². The Hall–Kier alpha value is -2.32. The van der Waals surface area contributed by atoms with Crippen LogP contribution in [0.25, 0.3) is 0 Å².